The summed E-state index contributed by atoms with van der Waals surface area (Å²) in [5.41, 5.74) is -0.317. The highest BCUT2D eigenvalue weighted by Gasteiger charge is 2.41. The average Bonchev–Trinajstić information content (AvgIpc) is 2.82. The van der Waals surface area contributed by atoms with Crippen molar-refractivity contribution >= 4 is 39.1 Å². The monoisotopic (exact) mass is 435 g/mol. The lowest BCUT2D eigenvalue weighted by Crippen LogP contribution is -2.46. The predicted octanol–water partition coefficient (Wildman–Crippen LogP) is 3.73. The number of hydrogen-bond donors (Lipinski definition) is 1. The molecule has 3 rings (SSSR count). The van der Waals surface area contributed by atoms with Crippen molar-refractivity contribution in [2.75, 3.05) is 11.9 Å². The Bertz CT molecular complexity index is 942. The van der Waals surface area contributed by atoms with Crippen LogP contribution in [0.15, 0.2) is 51.9 Å². The van der Waals surface area contributed by atoms with E-state index in [2.05, 4.69) is 26.2 Å². The molecule has 8 heteroatoms. The molecule has 0 unspecified atom stereocenters. The summed E-state index contributed by atoms with van der Waals surface area (Å²) in [5, 5.41) is 2.46. The maximum atomic E-state index is 13.9. The van der Waals surface area contributed by atoms with E-state index in [1.54, 1.807) is 19.9 Å². The van der Waals surface area contributed by atoms with Gasteiger partial charge < -0.3 is 10.2 Å². The molecule has 0 saturated heterocycles. The second-order valence-corrected chi connectivity index (χ2v) is 7.44. The van der Waals surface area contributed by atoms with Crippen molar-refractivity contribution in [3.05, 3.63) is 64.1 Å². The highest BCUT2D eigenvalue weighted by molar-refractivity contribution is 9.10. The Morgan fingerprint density at radius 3 is 2.48 bits per heavy atom. The van der Waals surface area contributed by atoms with Gasteiger partial charge in [-0.05, 0) is 56.3 Å². The average molecular weight is 436 g/mol. The quantitative estimate of drug-likeness (QED) is 0.794. The van der Waals surface area contributed by atoms with Crippen LogP contribution in [-0.4, -0.2) is 34.6 Å². The van der Waals surface area contributed by atoms with Crippen LogP contribution in [0.25, 0.3) is 0 Å². The minimum atomic E-state index is -0.962. The first-order chi connectivity index (χ1) is 12.7. The van der Waals surface area contributed by atoms with Gasteiger partial charge in [-0.1, -0.05) is 15.9 Å². The lowest BCUT2D eigenvalue weighted by molar-refractivity contribution is -0.131. The summed E-state index contributed by atoms with van der Waals surface area (Å²) in [6.45, 7) is 3.08. The molecule has 1 heterocycles. The SMILES string of the molecule is CC1(C)N=C(c2ccc(F)cc2)C(=O)N1CC(=O)Nc1ccc(Br)cc1F. The van der Waals surface area contributed by atoms with Gasteiger partial charge in [0.2, 0.25) is 5.91 Å². The van der Waals surface area contributed by atoms with Gasteiger partial charge in [0.05, 0.1) is 5.69 Å². The maximum Gasteiger partial charge on any atom is 0.275 e. The minimum absolute atomic E-state index is 0.0207. The summed E-state index contributed by atoms with van der Waals surface area (Å²) in [4.78, 5) is 30.8. The number of nitrogens with zero attached hydrogens (tertiary/aromatic N) is 2. The Morgan fingerprint density at radius 1 is 1.19 bits per heavy atom. The normalized spacial score (nSPS) is 15.7. The molecule has 140 valence electrons. The van der Waals surface area contributed by atoms with Crippen LogP contribution in [0.5, 0.6) is 0 Å². The van der Waals surface area contributed by atoms with Gasteiger partial charge in [0.25, 0.3) is 5.91 Å². The van der Waals surface area contributed by atoms with Crippen molar-refractivity contribution in [1.82, 2.24) is 4.90 Å². The van der Waals surface area contributed by atoms with E-state index >= 15 is 0 Å². The number of carbonyl (C=O) groups is 2. The molecule has 27 heavy (non-hydrogen) atoms. The number of anilines is 1. The number of amides is 2. The molecule has 0 aliphatic carbocycles. The van der Waals surface area contributed by atoms with Crippen LogP contribution in [0.1, 0.15) is 19.4 Å². The molecule has 5 nitrogen and oxygen atoms in total. The van der Waals surface area contributed by atoms with E-state index < -0.39 is 29.1 Å². The van der Waals surface area contributed by atoms with Crippen LogP contribution >= 0.6 is 15.9 Å². The number of benzene rings is 2. The largest absolute Gasteiger partial charge is 0.322 e. The summed E-state index contributed by atoms with van der Waals surface area (Å²) >= 11 is 3.15. The Balaban J connectivity index is 1.76. The first-order valence-corrected chi connectivity index (χ1v) is 8.89. The molecular weight excluding hydrogens is 420 g/mol. The van der Waals surface area contributed by atoms with Crippen LogP contribution in [0.2, 0.25) is 0 Å². The van der Waals surface area contributed by atoms with E-state index in [4.69, 9.17) is 0 Å². The summed E-state index contributed by atoms with van der Waals surface area (Å²) in [6.07, 6.45) is 0. The van der Waals surface area contributed by atoms with Gasteiger partial charge in [0, 0.05) is 10.0 Å². The number of hydrogen-bond acceptors (Lipinski definition) is 3. The van der Waals surface area contributed by atoms with Gasteiger partial charge in [-0.25, -0.2) is 8.78 Å². The van der Waals surface area contributed by atoms with Crippen molar-refractivity contribution in [1.29, 1.82) is 0 Å². The molecule has 0 spiro atoms. The number of aliphatic imine (C=N–C) groups is 1. The maximum absolute atomic E-state index is 13.9. The molecule has 0 aromatic heterocycles. The van der Waals surface area contributed by atoms with Gasteiger partial charge in [-0.15, -0.1) is 0 Å². The third-order valence-corrected chi connectivity index (χ3v) is 4.61. The van der Waals surface area contributed by atoms with Crippen molar-refractivity contribution in [2.45, 2.75) is 19.5 Å². The molecule has 0 radical (unpaired) electrons. The van der Waals surface area contributed by atoms with Gasteiger partial charge in [0.1, 0.15) is 29.6 Å². The van der Waals surface area contributed by atoms with Crippen molar-refractivity contribution in [2.24, 2.45) is 4.99 Å². The summed E-state index contributed by atoms with van der Waals surface area (Å²) in [7, 11) is 0. The summed E-state index contributed by atoms with van der Waals surface area (Å²) in [5.74, 6) is -2.00. The van der Waals surface area contributed by atoms with Gasteiger partial charge in [-0.3, -0.25) is 14.6 Å². The standard InChI is InChI=1S/C19H16BrF2N3O2/c1-19(2)24-17(11-3-6-13(21)7-4-11)18(27)25(19)10-16(26)23-15-8-5-12(20)9-14(15)22/h3-9H,10H2,1-2H3,(H,23,26). The van der Waals surface area contributed by atoms with Crippen LogP contribution < -0.4 is 5.32 Å². The van der Waals surface area contributed by atoms with Crippen molar-refractivity contribution < 1.29 is 18.4 Å². The first-order valence-electron chi connectivity index (χ1n) is 8.10. The van der Waals surface area contributed by atoms with E-state index in [-0.39, 0.29) is 17.9 Å². The Morgan fingerprint density at radius 2 is 1.85 bits per heavy atom. The van der Waals surface area contributed by atoms with E-state index in [1.807, 2.05) is 0 Å². The number of halogens is 3. The van der Waals surface area contributed by atoms with E-state index in [1.165, 1.54) is 41.3 Å². The third kappa shape index (κ3) is 4.05. The molecular formula is C19H16BrF2N3O2. The fourth-order valence-corrected chi connectivity index (χ4v) is 3.08. The second kappa shape index (κ2) is 7.19. The van der Waals surface area contributed by atoms with Crippen LogP contribution in [-0.2, 0) is 9.59 Å². The lowest BCUT2D eigenvalue weighted by atomic mass is 10.1. The molecule has 1 aliphatic heterocycles. The molecule has 2 amide bonds. The van der Waals surface area contributed by atoms with Crippen molar-refractivity contribution in [3.63, 3.8) is 0 Å². The highest BCUT2D eigenvalue weighted by Crippen LogP contribution is 2.26. The van der Waals surface area contributed by atoms with Crippen LogP contribution in [0.4, 0.5) is 14.5 Å². The summed E-state index contributed by atoms with van der Waals surface area (Å²) < 4.78 is 27.6. The fourth-order valence-electron chi connectivity index (χ4n) is 2.74. The molecule has 1 aliphatic rings. The molecule has 2 aromatic rings. The predicted molar refractivity (Wildman–Crippen MR) is 101 cm³/mol. The molecule has 0 fully saturated rings. The topological polar surface area (TPSA) is 61.8 Å². The van der Waals surface area contributed by atoms with Crippen molar-refractivity contribution in [3.8, 4) is 0 Å². The molecule has 1 N–H and O–H groups in total. The molecule has 0 atom stereocenters. The lowest BCUT2D eigenvalue weighted by Gasteiger charge is -2.28. The van der Waals surface area contributed by atoms with Crippen LogP contribution in [0.3, 0.4) is 0 Å². The molecule has 2 aromatic carbocycles. The molecule has 0 bridgehead atoms. The number of nitrogens with one attached hydrogen (secondary N) is 1. The van der Waals surface area contributed by atoms with Crippen LogP contribution in [0, 0.1) is 11.6 Å². The second-order valence-electron chi connectivity index (χ2n) is 6.53. The number of rotatable bonds is 4. The summed E-state index contributed by atoms with van der Waals surface area (Å²) in [6, 6.07) is 9.66. The van der Waals surface area contributed by atoms with Gasteiger partial charge in [0.15, 0.2) is 0 Å². The zero-order chi connectivity index (χ0) is 19.8. The first kappa shape index (κ1) is 19.2. The number of carbonyl (C=O) groups excluding carboxylic acids is 2. The molecule has 0 saturated carbocycles. The Labute approximate surface area is 163 Å². The van der Waals surface area contributed by atoms with Gasteiger partial charge >= 0.3 is 0 Å². The van der Waals surface area contributed by atoms with E-state index in [0.717, 1.165) is 0 Å². The Kier molecular flexibility index (Phi) is 5.10. The fraction of sp³-hybridized carbons (Fsp3) is 0.211. The smallest absolute Gasteiger partial charge is 0.275 e. The minimum Gasteiger partial charge on any atom is -0.322 e. The van der Waals surface area contributed by atoms with E-state index in [0.29, 0.717) is 10.0 Å². The highest BCUT2D eigenvalue weighted by atomic mass is 79.9. The third-order valence-electron chi connectivity index (χ3n) is 4.12. The zero-order valence-electron chi connectivity index (χ0n) is 14.6. The van der Waals surface area contributed by atoms with Gasteiger partial charge in [-0.2, -0.15) is 0 Å². The zero-order valence-corrected chi connectivity index (χ0v) is 16.2. The van der Waals surface area contributed by atoms with E-state index in [9.17, 15) is 18.4 Å². The Hall–Kier alpha value is -2.61.